The fourth-order valence-corrected chi connectivity index (χ4v) is 3.24. The summed E-state index contributed by atoms with van der Waals surface area (Å²) in [5.74, 6) is 1.38. The van der Waals surface area contributed by atoms with E-state index in [2.05, 4.69) is 38.5 Å². The zero-order valence-corrected chi connectivity index (χ0v) is 13.5. The summed E-state index contributed by atoms with van der Waals surface area (Å²) in [5, 5.41) is 3.18. The van der Waals surface area contributed by atoms with Crippen molar-refractivity contribution in [1.29, 1.82) is 0 Å². The fraction of sp³-hybridized carbons (Fsp3) is 0.263. The van der Waals surface area contributed by atoms with Gasteiger partial charge in [0.05, 0.1) is 11.0 Å². The third-order valence-corrected chi connectivity index (χ3v) is 4.44. The fourth-order valence-electron chi connectivity index (χ4n) is 3.24. The molecule has 3 aromatic rings. The van der Waals surface area contributed by atoms with Crippen LogP contribution in [-0.2, 0) is 19.3 Å². The van der Waals surface area contributed by atoms with Crippen molar-refractivity contribution in [3.63, 3.8) is 0 Å². The van der Waals surface area contributed by atoms with Crippen molar-refractivity contribution >= 4 is 22.7 Å². The molecule has 0 saturated carbocycles. The summed E-state index contributed by atoms with van der Waals surface area (Å²) >= 11 is 0. The molecule has 0 fully saturated rings. The maximum atomic E-state index is 6.00. The lowest BCUT2D eigenvalue weighted by Gasteiger charge is -2.07. The number of nitrogens with two attached hydrogens (primary N) is 1. The Morgan fingerprint density at radius 3 is 2.96 bits per heavy atom. The van der Waals surface area contributed by atoms with Gasteiger partial charge in [-0.05, 0) is 54.7 Å². The standard InChI is InChI=1S/C19H21N5/c20-19(22-15-9-8-13-4-3-5-14(13)12-15)21-11-10-18-23-16-6-1-2-7-17(16)24-18/h1-2,6-9,12H,3-5,10-11H2,(H,23,24)(H3,20,21,22). The van der Waals surface area contributed by atoms with Crippen LogP contribution in [0.5, 0.6) is 0 Å². The third-order valence-electron chi connectivity index (χ3n) is 4.44. The molecule has 1 aliphatic carbocycles. The summed E-state index contributed by atoms with van der Waals surface area (Å²) < 4.78 is 0. The SMILES string of the molecule is NC(=NCCc1nc2ccccc2[nH]1)Nc1ccc2c(c1)CCC2. The monoisotopic (exact) mass is 319 g/mol. The lowest BCUT2D eigenvalue weighted by Crippen LogP contribution is -2.23. The van der Waals surface area contributed by atoms with E-state index in [1.54, 1.807) is 0 Å². The van der Waals surface area contributed by atoms with E-state index in [9.17, 15) is 0 Å². The summed E-state index contributed by atoms with van der Waals surface area (Å²) in [6.45, 7) is 0.601. The molecular weight excluding hydrogens is 298 g/mol. The molecule has 24 heavy (non-hydrogen) atoms. The molecule has 0 radical (unpaired) electrons. The molecule has 122 valence electrons. The van der Waals surface area contributed by atoms with Crippen LogP contribution in [-0.4, -0.2) is 22.5 Å². The molecule has 1 heterocycles. The van der Waals surface area contributed by atoms with Crippen LogP contribution in [0, 0.1) is 0 Å². The predicted molar refractivity (Wildman–Crippen MR) is 98.4 cm³/mol. The summed E-state index contributed by atoms with van der Waals surface area (Å²) in [5.41, 5.74) is 11.9. The molecule has 4 N–H and O–H groups in total. The highest BCUT2D eigenvalue weighted by Gasteiger charge is 2.10. The van der Waals surface area contributed by atoms with E-state index in [0.29, 0.717) is 12.5 Å². The zero-order valence-electron chi connectivity index (χ0n) is 13.5. The first kappa shape index (κ1) is 14.8. The molecule has 0 amide bonds. The Morgan fingerprint density at radius 1 is 1.17 bits per heavy atom. The summed E-state index contributed by atoms with van der Waals surface area (Å²) in [4.78, 5) is 12.3. The summed E-state index contributed by atoms with van der Waals surface area (Å²) in [6.07, 6.45) is 4.34. The number of rotatable bonds is 4. The van der Waals surface area contributed by atoms with Crippen molar-refractivity contribution in [3.8, 4) is 0 Å². The first-order chi connectivity index (χ1) is 11.8. The van der Waals surface area contributed by atoms with Crippen molar-refractivity contribution < 1.29 is 0 Å². The first-order valence-corrected chi connectivity index (χ1v) is 8.40. The van der Waals surface area contributed by atoms with Gasteiger partial charge in [-0.3, -0.25) is 4.99 Å². The number of aromatic amines is 1. The predicted octanol–water partition coefficient (Wildman–Crippen LogP) is 3.02. The van der Waals surface area contributed by atoms with Crippen LogP contribution in [0.3, 0.4) is 0 Å². The van der Waals surface area contributed by atoms with E-state index in [1.165, 1.54) is 24.0 Å². The van der Waals surface area contributed by atoms with Gasteiger partial charge in [-0.2, -0.15) is 0 Å². The van der Waals surface area contributed by atoms with Crippen LogP contribution >= 0.6 is 0 Å². The van der Waals surface area contributed by atoms with Gasteiger partial charge in [0.2, 0.25) is 0 Å². The Bertz CT molecular complexity index is 861. The molecule has 0 spiro atoms. The minimum Gasteiger partial charge on any atom is -0.370 e. The molecule has 0 bridgehead atoms. The number of para-hydroxylation sites is 2. The van der Waals surface area contributed by atoms with Crippen molar-refractivity contribution in [1.82, 2.24) is 9.97 Å². The van der Waals surface area contributed by atoms with Crippen molar-refractivity contribution in [3.05, 3.63) is 59.4 Å². The van der Waals surface area contributed by atoms with Gasteiger partial charge in [0.25, 0.3) is 0 Å². The number of hydrogen-bond donors (Lipinski definition) is 3. The highest BCUT2D eigenvalue weighted by Crippen LogP contribution is 2.24. The highest BCUT2D eigenvalue weighted by molar-refractivity contribution is 5.92. The van der Waals surface area contributed by atoms with E-state index in [1.807, 2.05) is 24.3 Å². The van der Waals surface area contributed by atoms with Gasteiger partial charge in [-0.15, -0.1) is 0 Å². The Morgan fingerprint density at radius 2 is 2.04 bits per heavy atom. The minimum atomic E-state index is 0.448. The van der Waals surface area contributed by atoms with Gasteiger partial charge in [-0.1, -0.05) is 18.2 Å². The Labute approximate surface area is 141 Å². The quantitative estimate of drug-likeness (QED) is 0.511. The minimum absolute atomic E-state index is 0.448. The number of aromatic nitrogens is 2. The number of benzene rings is 2. The average Bonchev–Trinajstić information content (AvgIpc) is 3.20. The number of nitrogens with one attached hydrogen (secondary N) is 2. The largest absolute Gasteiger partial charge is 0.370 e. The smallest absolute Gasteiger partial charge is 0.193 e. The Hall–Kier alpha value is -2.82. The van der Waals surface area contributed by atoms with Crippen LogP contribution in [0.25, 0.3) is 11.0 Å². The molecule has 1 aliphatic rings. The van der Waals surface area contributed by atoms with Gasteiger partial charge in [0.1, 0.15) is 5.82 Å². The number of nitrogens with zero attached hydrogens (tertiary/aromatic N) is 2. The maximum absolute atomic E-state index is 6.00. The van der Waals surface area contributed by atoms with Crippen molar-refractivity contribution in [2.75, 3.05) is 11.9 Å². The van der Waals surface area contributed by atoms with Gasteiger partial charge in [0.15, 0.2) is 5.96 Å². The second kappa shape index (κ2) is 6.35. The molecular formula is C19H21N5. The van der Waals surface area contributed by atoms with Gasteiger partial charge in [-0.25, -0.2) is 4.98 Å². The summed E-state index contributed by atoms with van der Waals surface area (Å²) in [6, 6.07) is 14.5. The van der Waals surface area contributed by atoms with Crippen LogP contribution < -0.4 is 11.1 Å². The normalized spacial score (nSPS) is 14.1. The zero-order chi connectivity index (χ0) is 16.4. The number of aliphatic imine (C=N–C) groups is 1. The second-order valence-corrected chi connectivity index (χ2v) is 6.18. The van der Waals surface area contributed by atoms with Crippen molar-refractivity contribution in [2.24, 2.45) is 10.7 Å². The molecule has 1 aromatic heterocycles. The molecule has 0 unspecified atom stereocenters. The summed E-state index contributed by atoms with van der Waals surface area (Å²) in [7, 11) is 0. The van der Waals surface area contributed by atoms with Gasteiger partial charge >= 0.3 is 0 Å². The number of imidazole rings is 1. The van der Waals surface area contributed by atoms with E-state index in [-0.39, 0.29) is 0 Å². The lowest BCUT2D eigenvalue weighted by atomic mass is 10.1. The van der Waals surface area contributed by atoms with Gasteiger partial charge in [0, 0.05) is 18.7 Å². The topological polar surface area (TPSA) is 79.1 Å². The number of hydrogen-bond acceptors (Lipinski definition) is 2. The molecule has 2 aromatic carbocycles. The first-order valence-electron chi connectivity index (χ1n) is 8.40. The Kier molecular flexibility index (Phi) is 3.91. The molecule has 5 heteroatoms. The average molecular weight is 319 g/mol. The molecule has 0 saturated heterocycles. The maximum Gasteiger partial charge on any atom is 0.193 e. The van der Waals surface area contributed by atoms with Crippen molar-refractivity contribution in [2.45, 2.75) is 25.7 Å². The third kappa shape index (κ3) is 3.11. The Balaban J connectivity index is 1.37. The number of fused-ring (bicyclic) bond motifs is 2. The molecule has 0 atom stereocenters. The van der Waals surface area contributed by atoms with E-state index < -0.39 is 0 Å². The molecule has 0 aliphatic heterocycles. The van der Waals surface area contributed by atoms with E-state index >= 15 is 0 Å². The second-order valence-electron chi connectivity index (χ2n) is 6.18. The van der Waals surface area contributed by atoms with Crippen LogP contribution in [0.1, 0.15) is 23.4 Å². The van der Waals surface area contributed by atoms with Crippen LogP contribution in [0.2, 0.25) is 0 Å². The highest BCUT2D eigenvalue weighted by atomic mass is 15.1. The number of aryl methyl sites for hydroxylation is 2. The lowest BCUT2D eigenvalue weighted by molar-refractivity contribution is 0.898. The number of H-pyrrole nitrogens is 1. The van der Waals surface area contributed by atoms with E-state index in [0.717, 1.165) is 35.4 Å². The van der Waals surface area contributed by atoms with Gasteiger partial charge < -0.3 is 16.0 Å². The number of anilines is 1. The van der Waals surface area contributed by atoms with Crippen LogP contribution in [0.15, 0.2) is 47.5 Å². The van der Waals surface area contributed by atoms with E-state index in [4.69, 9.17) is 5.73 Å². The molecule has 5 nitrogen and oxygen atoms in total. The number of guanidine groups is 1. The van der Waals surface area contributed by atoms with Crippen LogP contribution in [0.4, 0.5) is 5.69 Å². The molecule has 4 rings (SSSR count).